The van der Waals surface area contributed by atoms with E-state index in [1.165, 1.54) is 32.1 Å². The monoisotopic (exact) mass is 392 g/mol. The SMILES string of the molecule is C=CCCC1CCC(OC(=O)c2ccc(/C=C/C3CCC(C=C)CC3)cc2)CC1. The topological polar surface area (TPSA) is 26.3 Å². The highest BCUT2D eigenvalue weighted by Gasteiger charge is 2.24. The summed E-state index contributed by atoms with van der Waals surface area (Å²) in [5.41, 5.74) is 1.80. The molecule has 0 amide bonds. The zero-order valence-corrected chi connectivity index (χ0v) is 17.7. The minimum Gasteiger partial charge on any atom is -0.459 e. The third kappa shape index (κ3) is 6.73. The number of hydrogen-bond donors (Lipinski definition) is 0. The molecule has 1 aromatic rings. The van der Waals surface area contributed by atoms with Crippen LogP contribution < -0.4 is 0 Å². The lowest BCUT2D eigenvalue weighted by Gasteiger charge is -2.28. The van der Waals surface area contributed by atoms with Crippen molar-refractivity contribution in [2.45, 2.75) is 70.3 Å². The molecule has 1 aromatic carbocycles. The Bertz CT molecular complexity index is 684. The van der Waals surface area contributed by atoms with Crippen molar-refractivity contribution in [1.29, 1.82) is 0 Å². The fraction of sp³-hybridized carbons (Fsp3) is 0.519. The van der Waals surface area contributed by atoms with Gasteiger partial charge in [0.05, 0.1) is 5.56 Å². The minimum atomic E-state index is -0.183. The number of carbonyl (C=O) groups is 1. The smallest absolute Gasteiger partial charge is 0.338 e. The first-order chi connectivity index (χ1) is 14.2. The zero-order valence-electron chi connectivity index (χ0n) is 17.7. The first-order valence-corrected chi connectivity index (χ1v) is 11.4. The second-order valence-electron chi connectivity index (χ2n) is 8.81. The highest BCUT2D eigenvalue weighted by molar-refractivity contribution is 5.89. The molecule has 2 fully saturated rings. The molecule has 2 aliphatic rings. The molecule has 0 bridgehead atoms. The first kappa shape index (κ1) is 21.6. The molecular formula is C27H36O2. The number of benzene rings is 1. The molecule has 156 valence electrons. The van der Waals surface area contributed by atoms with Crippen LogP contribution in [0.25, 0.3) is 6.08 Å². The molecule has 3 rings (SSSR count). The minimum absolute atomic E-state index is 0.0766. The van der Waals surface area contributed by atoms with Crippen molar-refractivity contribution >= 4 is 12.0 Å². The van der Waals surface area contributed by atoms with E-state index in [4.69, 9.17) is 4.74 Å². The maximum Gasteiger partial charge on any atom is 0.338 e. The predicted octanol–water partition coefficient (Wildman–Crippen LogP) is 7.37. The lowest BCUT2D eigenvalue weighted by atomic mass is 9.82. The van der Waals surface area contributed by atoms with E-state index in [2.05, 4.69) is 31.4 Å². The van der Waals surface area contributed by atoms with Crippen LogP contribution >= 0.6 is 0 Å². The Morgan fingerprint density at radius 3 is 2.21 bits per heavy atom. The van der Waals surface area contributed by atoms with Gasteiger partial charge in [0, 0.05) is 0 Å². The Kier molecular flexibility index (Phi) is 8.34. The van der Waals surface area contributed by atoms with E-state index in [9.17, 15) is 4.79 Å². The van der Waals surface area contributed by atoms with Gasteiger partial charge >= 0.3 is 5.97 Å². The molecule has 0 heterocycles. The largest absolute Gasteiger partial charge is 0.459 e. The number of hydrogen-bond acceptors (Lipinski definition) is 2. The maximum atomic E-state index is 12.5. The van der Waals surface area contributed by atoms with Crippen LogP contribution in [0.4, 0.5) is 0 Å². The van der Waals surface area contributed by atoms with E-state index >= 15 is 0 Å². The molecule has 2 aliphatic carbocycles. The maximum absolute atomic E-state index is 12.5. The van der Waals surface area contributed by atoms with E-state index in [0.29, 0.717) is 17.4 Å². The van der Waals surface area contributed by atoms with Crippen LogP contribution in [0, 0.1) is 17.8 Å². The van der Waals surface area contributed by atoms with Gasteiger partial charge in [-0.15, -0.1) is 13.2 Å². The lowest BCUT2D eigenvalue weighted by Crippen LogP contribution is -2.24. The van der Waals surface area contributed by atoms with Crippen LogP contribution in [0.3, 0.4) is 0 Å². The predicted molar refractivity (Wildman–Crippen MR) is 122 cm³/mol. The van der Waals surface area contributed by atoms with Crippen molar-refractivity contribution in [3.05, 3.63) is 66.8 Å². The van der Waals surface area contributed by atoms with Crippen molar-refractivity contribution in [1.82, 2.24) is 0 Å². The second kappa shape index (κ2) is 11.2. The Labute approximate surface area is 176 Å². The van der Waals surface area contributed by atoms with E-state index in [-0.39, 0.29) is 12.1 Å². The third-order valence-electron chi connectivity index (χ3n) is 6.70. The molecule has 0 saturated heterocycles. The number of allylic oxidation sites excluding steroid dienone is 3. The summed E-state index contributed by atoms with van der Waals surface area (Å²) in [7, 11) is 0. The van der Waals surface area contributed by atoms with Crippen LogP contribution in [-0.4, -0.2) is 12.1 Å². The van der Waals surface area contributed by atoms with E-state index in [1.54, 1.807) is 0 Å². The van der Waals surface area contributed by atoms with Gasteiger partial charge in [0.15, 0.2) is 0 Å². The average molecular weight is 393 g/mol. The van der Waals surface area contributed by atoms with E-state index in [0.717, 1.165) is 43.6 Å². The van der Waals surface area contributed by atoms with Gasteiger partial charge in [-0.1, -0.05) is 36.4 Å². The molecule has 0 N–H and O–H groups in total. The summed E-state index contributed by atoms with van der Waals surface area (Å²) >= 11 is 0. The zero-order chi connectivity index (χ0) is 20.5. The number of carbonyl (C=O) groups excluding carboxylic acids is 1. The molecule has 0 radical (unpaired) electrons. The standard InChI is InChI=1S/C27H36O2/c1-3-5-6-22-15-19-26(20-16-22)29-27(28)25-17-13-24(14-18-25)12-11-23-9-7-21(4-2)8-10-23/h3-4,11-14,17-18,21-23,26H,1-2,5-10,15-16,19-20H2/b12-11+. The van der Waals surface area contributed by atoms with E-state index in [1.807, 2.05) is 30.3 Å². The molecule has 2 saturated carbocycles. The molecule has 29 heavy (non-hydrogen) atoms. The van der Waals surface area contributed by atoms with Gasteiger partial charge in [-0.25, -0.2) is 4.79 Å². The number of rotatable bonds is 8. The van der Waals surface area contributed by atoms with Crippen LogP contribution in [0.2, 0.25) is 0 Å². The van der Waals surface area contributed by atoms with Gasteiger partial charge in [0.2, 0.25) is 0 Å². The quantitative estimate of drug-likeness (QED) is 0.341. The highest BCUT2D eigenvalue weighted by atomic mass is 16.5. The summed E-state index contributed by atoms with van der Waals surface area (Å²) in [6.07, 6.45) is 20.3. The summed E-state index contributed by atoms with van der Waals surface area (Å²) in [6, 6.07) is 7.84. The Morgan fingerprint density at radius 2 is 1.59 bits per heavy atom. The summed E-state index contributed by atoms with van der Waals surface area (Å²) in [5, 5.41) is 0. The first-order valence-electron chi connectivity index (χ1n) is 11.4. The average Bonchev–Trinajstić information content (AvgIpc) is 2.78. The second-order valence-corrected chi connectivity index (χ2v) is 8.81. The van der Waals surface area contributed by atoms with Gasteiger partial charge in [0.1, 0.15) is 6.10 Å². The molecule has 0 aromatic heterocycles. The highest BCUT2D eigenvalue weighted by Crippen LogP contribution is 2.31. The van der Waals surface area contributed by atoms with Crippen molar-refractivity contribution in [3.63, 3.8) is 0 Å². The van der Waals surface area contributed by atoms with Crippen LogP contribution in [0.5, 0.6) is 0 Å². The summed E-state index contributed by atoms with van der Waals surface area (Å²) in [6.45, 7) is 7.72. The van der Waals surface area contributed by atoms with E-state index < -0.39 is 0 Å². The molecule has 0 atom stereocenters. The Balaban J connectivity index is 1.44. The van der Waals surface area contributed by atoms with Crippen LogP contribution in [-0.2, 0) is 4.74 Å². The van der Waals surface area contributed by atoms with Gasteiger partial charge in [-0.05, 0) is 99.7 Å². The summed E-state index contributed by atoms with van der Waals surface area (Å²) in [5.74, 6) is 1.95. The third-order valence-corrected chi connectivity index (χ3v) is 6.70. The fourth-order valence-electron chi connectivity index (χ4n) is 4.66. The number of esters is 1. The Hall–Kier alpha value is -2.09. The summed E-state index contributed by atoms with van der Waals surface area (Å²) < 4.78 is 5.76. The van der Waals surface area contributed by atoms with Crippen molar-refractivity contribution in [2.75, 3.05) is 0 Å². The molecule has 2 nitrogen and oxygen atoms in total. The van der Waals surface area contributed by atoms with Crippen molar-refractivity contribution in [2.24, 2.45) is 17.8 Å². The van der Waals surface area contributed by atoms with Crippen LogP contribution in [0.15, 0.2) is 55.7 Å². The van der Waals surface area contributed by atoms with Crippen molar-refractivity contribution < 1.29 is 9.53 Å². The molecule has 0 spiro atoms. The normalized spacial score (nSPS) is 27.4. The van der Waals surface area contributed by atoms with Crippen molar-refractivity contribution in [3.8, 4) is 0 Å². The molecular weight excluding hydrogens is 356 g/mol. The van der Waals surface area contributed by atoms with Gasteiger partial charge < -0.3 is 4.74 Å². The molecule has 0 aliphatic heterocycles. The van der Waals surface area contributed by atoms with Crippen LogP contribution in [0.1, 0.15) is 80.1 Å². The number of ether oxygens (including phenoxy) is 1. The lowest BCUT2D eigenvalue weighted by molar-refractivity contribution is 0.0162. The van der Waals surface area contributed by atoms with Gasteiger partial charge in [-0.3, -0.25) is 0 Å². The fourth-order valence-corrected chi connectivity index (χ4v) is 4.66. The molecule has 0 unspecified atom stereocenters. The van der Waals surface area contributed by atoms with Gasteiger partial charge in [-0.2, -0.15) is 0 Å². The van der Waals surface area contributed by atoms with Gasteiger partial charge in [0.25, 0.3) is 0 Å². The Morgan fingerprint density at radius 1 is 0.931 bits per heavy atom. The summed E-state index contributed by atoms with van der Waals surface area (Å²) in [4.78, 5) is 12.5. The molecule has 2 heteroatoms.